The third-order valence-corrected chi connectivity index (χ3v) is 6.65. The van der Waals surface area contributed by atoms with Gasteiger partial charge in [0.1, 0.15) is 18.3 Å². The van der Waals surface area contributed by atoms with Gasteiger partial charge in [-0.25, -0.2) is 4.98 Å². The lowest BCUT2D eigenvalue weighted by molar-refractivity contribution is 0.0883. The molecule has 7 heteroatoms. The summed E-state index contributed by atoms with van der Waals surface area (Å²) in [4.78, 5) is 4.69. The lowest BCUT2D eigenvalue weighted by atomic mass is 10.2. The summed E-state index contributed by atoms with van der Waals surface area (Å²) in [6.45, 7) is 9.11. The molecular formula is C19H30ClN3O2Si. The molecule has 1 N–H and O–H groups in total. The molecule has 1 heterocycles. The average molecular weight is 396 g/mol. The van der Waals surface area contributed by atoms with Crippen LogP contribution >= 0.6 is 11.6 Å². The molecule has 1 aromatic heterocycles. The van der Waals surface area contributed by atoms with Gasteiger partial charge < -0.3 is 19.4 Å². The molecule has 26 heavy (non-hydrogen) atoms. The molecule has 1 aromatic carbocycles. The summed E-state index contributed by atoms with van der Waals surface area (Å²) in [5.74, 6) is 2.76. The van der Waals surface area contributed by atoms with Gasteiger partial charge in [-0.15, -0.1) is 11.6 Å². The molecule has 0 aliphatic heterocycles. The van der Waals surface area contributed by atoms with Gasteiger partial charge in [-0.05, 0) is 30.9 Å². The van der Waals surface area contributed by atoms with Gasteiger partial charge in [-0.1, -0.05) is 19.6 Å². The monoisotopic (exact) mass is 395 g/mol. The standard InChI is InChI=1S/C19H30ClN3O2Si/c1-21-16-9-17-15(10-18(16)25-12-14-5-6-14)22-19(11-20)23(17)13-24-7-8-26(2,3)4/h9-10,14,21H,5-8,11-13H2,1-4H3. The number of nitrogens with zero attached hydrogens (tertiary/aromatic N) is 2. The van der Waals surface area contributed by atoms with E-state index < -0.39 is 8.07 Å². The first-order chi connectivity index (χ1) is 12.4. The predicted octanol–water partition coefficient (Wildman–Crippen LogP) is 4.92. The van der Waals surface area contributed by atoms with Gasteiger partial charge in [0.25, 0.3) is 0 Å². The van der Waals surface area contributed by atoms with E-state index in [-0.39, 0.29) is 0 Å². The maximum atomic E-state index is 6.13. The second kappa shape index (κ2) is 8.19. The molecule has 0 radical (unpaired) electrons. The number of benzene rings is 1. The number of nitrogens with one attached hydrogen (secondary N) is 1. The van der Waals surface area contributed by atoms with Crippen molar-refractivity contribution < 1.29 is 9.47 Å². The first-order valence-corrected chi connectivity index (χ1v) is 13.6. The van der Waals surface area contributed by atoms with E-state index in [1.54, 1.807) is 0 Å². The average Bonchev–Trinajstić information content (AvgIpc) is 3.36. The van der Waals surface area contributed by atoms with Crippen LogP contribution in [0.3, 0.4) is 0 Å². The van der Waals surface area contributed by atoms with E-state index in [1.165, 1.54) is 12.8 Å². The van der Waals surface area contributed by atoms with Crippen LogP contribution in [0.4, 0.5) is 5.69 Å². The Bertz CT molecular complexity index is 753. The Kier molecular flexibility index (Phi) is 6.15. The minimum Gasteiger partial charge on any atom is -0.491 e. The predicted molar refractivity (Wildman–Crippen MR) is 111 cm³/mol. The fraction of sp³-hybridized carbons (Fsp3) is 0.632. The maximum Gasteiger partial charge on any atom is 0.144 e. The molecule has 144 valence electrons. The quantitative estimate of drug-likeness (QED) is 0.352. The van der Waals surface area contributed by atoms with E-state index >= 15 is 0 Å². The Balaban J connectivity index is 1.79. The lowest BCUT2D eigenvalue weighted by Gasteiger charge is -2.16. The van der Waals surface area contributed by atoms with Crippen molar-refractivity contribution in [2.75, 3.05) is 25.6 Å². The van der Waals surface area contributed by atoms with E-state index in [4.69, 9.17) is 21.1 Å². The van der Waals surface area contributed by atoms with Crippen molar-refractivity contribution in [3.05, 3.63) is 18.0 Å². The number of ether oxygens (including phenoxy) is 2. The molecule has 1 saturated carbocycles. The second-order valence-electron chi connectivity index (χ2n) is 8.28. The molecule has 5 nitrogen and oxygen atoms in total. The van der Waals surface area contributed by atoms with Crippen LogP contribution in [0.15, 0.2) is 12.1 Å². The van der Waals surface area contributed by atoms with Crippen LogP contribution in [-0.4, -0.2) is 37.9 Å². The van der Waals surface area contributed by atoms with E-state index in [0.29, 0.717) is 18.5 Å². The van der Waals surface area contributed by atoms with Crippen LogP contribution in [0.2, 0.25) is 25.7 Å². The van der Waals surface area contributed by atoms with Gasteiger partial charge >= 0.3 is 0 Å². The molecule has 0 spiro atoms. The Hall–Kier alpha value is -1.24. The van der Waals surface area contributed by atoms with Crippen molar-refractivity contribution in [2.45, 2.75) is 51.1 Å². The van der Waals surface area contributed by atoms with Gasteiger partial charge in [-0.3, -0.25) is 0 Å². The zero-order valence-corrected chi connectivity index (χ0v) is 18.0. The van der Waals surface area contributed by atoms with E-state index in [1.807, 2.05) is 13.1 Å². The molecule has 1 aliphatic rings. The van der Waals surface area contributed by atoms with Gasteiger partial charge in [0.05, 0.1) is 29.2 Å². The number of imidazole rings is 1. The van der Waals surface area contributed by atoms with Crippen LogP contribution in [0.25, 0.3) is 11.0 Å². The summed E-state index contributed by atoms with van der Waals surface area (Å²) in [7, 11) is 0.822. The smallest absolute Gasteiger partial charge is 0.144 e. The van der Waals surface area contributed by atoms with E-state index in [0.717, 1.165) is 47.6 Å². The fourth-order valence-electron chi connectivity index (χ4n) is 2.79. The third kappa shape index (κ3) is 4.93. The van der Waals surface area contributed by atoms with Crippen molar-refractivity contribution in [1.29, 1.82) is 0 Å². The number of aromatic nitrogens is 2. The number of fused-ring (bicyclic) bond motifs is 1. The number of hydrogen-bond acceptors (Lipinski definition) is 4. The molecule has 1 aliphatic carbocycles. The Morgan fingerprint density at radius 3 is 2.69 bits per heavy atom. The van der Waals surface area contributed by atoms with E-state index in [2.05, 4.69) is 40.6 Å². The van der Waals surface area contributed by atoms with Crippen LogP contribution in [0.1, 0.15) is 18.7 Å². The maximum absolute atomic E-state index is 6.13. The van der Waals surface area contributed by atoms with Crippen LogP contribution < -0.4 is 10.1 Å². The largest absolute Gasteiger partial charge is 0.491 e. The summed E-state index contributed by atoms with van der Waals surface area (Å²) < 4.78 is 14.0. The van der Waals surface area contributed by atoms with Gasteiger partial charge in [-0.2, -0.15) is 0 Å². The molecular weight excluding hydrogens is 366 g/mol. The first-order valence-electron chi connectivity index (χ1n) is 9.38. The first kappa shape index (κ1) is 19.5. The van der Waals surface area contributed by atoms with Gasteiger partial charge in [0.15, 0.2) is 0 Å². The number of halogens is 1. The van der Waals surface area contributed by atoms with Crippen molar-refractivity contribution in [2.24, 2.45) is 5.92 Å². The summed E-state index contributed by atoms with van der Waals surface area (Å²) in [6, 6.07) is 5.25. The molecule has 2 aromatic rings. The fourth-order valence-corrected chi connectivity index (χ4v) is 3.75. The van der Waals surface area contributed by atoms with Crippen LogP contribution in [0, 0.1) is 5.92 Å². The Morgan fingerprint density at radius 1 is 1.31 bits per heavy atom. The number of anilines is 1. The minimum absolute atomic E-state index is 0.360. The number of rotatable bonds is 10. The summed E-state index contributed by atoms with van der Waals surface area (Å²) >= 11 is 6.13. The van der Waals surface area contributed by atoms with Crippen molar-refractivity contribution >= 4 is 36.4 Å². The normalized spacial score (nSPS) is 14.8. The highest BCUT2D eigenvalue weighted by Crippen LogP contribution is 2.34. The summed E-state index contributed by atoms with van der Waals surface area (Å²) in [5, 5.41) is 3.24. The number of hydrogen-bond donors (Lipinski definition) is 1. The molecule has 0 bridgehead atoms. The lowest BCUT2D eigenvalue weighted by Crippen LogP contribution is -2.22. The van der Waals surface area contributed by atoms with Crippen molar-refractivity contribution in [1.82, 2.24) is 9.55 Å². The second-order valence-corrected chi connectivity index (χ2v) is 14.2. The van der Waals surface area contributed by atoms with E-state index in [9.17, 15) is 0 Å². The molecule has 0 atom stereocenters. The van der Waals surface area contributed by atoms with Gasteiger partial charge in [0.2, 0.25) is 0 Å². The molecule has 3 rings (SSSR count). The minimum atomic E-state index is -1.09. The summed E-state index contributed by atoms with van der Waals surface area (Å²) in [5.41, 5.74) is 2.90. The highest BCUT2D eigenvalue weighted by Gasteiger charge is 2.23. The third-order valence-electron chi connectivity index (χ3n) is 4.71. The molecule has 1 fully saturated rings. The zero-order valence-electron chi connectivity index (χ0n) is 16.3. The highest BCUT2D eigenvalue weighted by molar-refractivity contribution is 6.76. The van der Waals surface area contributed by atoms with Crippen molar-refractivity contribution in [3.63, 3.8) is 0 Å². The van der Waals surface area contributed by atoms with Crippen LogP contribution in [-0.2, 0) is 17.3 Å². The summed E-state index contributed by atoms with van der Waals surface area (Å²) in [6.07, 6.45) is 2.55. The van der Waals surface area contributed by atoms with Gasteiger partial charge in [0, 0.05) is 27.8 Å². The number of alkyl halides is 1. The molecule has 0 unspecified atom stereocenters. The molecule has 0 amide bonds. The van der Waals surface area contributed by atoms with Crippen LogP contribution in [0.5, 0.6) is 5.75 Å². The SMILES string of the molecule is CNc1cc2c(cc1OCC1CC1)nc(CCl)n2COCC[Si](C)(C)C. The Morgan fingerprint density at radius 2 is 2.08 bits per heavy atom. The topological polar surface area (TPSA) is 48.3 Å². The highest BCUT2D eigenvalue weighted by atomic mass is 35.5. The zero-order chi connectivity index (χ0) is 18.7. The Labute approximate surface area is 162 Å². The molecule has 0 saturated heterocycles. The van der Waals surface area contributed by atoms with Crippen molar-refractivity contribution in [3.8, 4) is 5.75 Å².